The highest BCUT2D eigenvalue weighted by atomic mass is 19.1. The number of benzene rings is 2. The molecule has 6 nitrogen and oxygen atoms in total. The summed E-state index contributed by atoms with van der Waals surface area (Å²) < 4.78 is 24.7. The maximum Gasteiger partial charge on any atom is 0.313 e. The maximum absolute atomic E-state index is 13.7. The van der Waals surface area contributed by atoms with E-state index >= 15 is 0 Å². The molecule has 7 heteroatoms. The van der Waals surface area contributed by atoms with Crippen LogP contribution in [0.3, 0.4) is 0 Å². The van der Waals surface area contributed by atoms with E-state index in [0.29, 0.717) is 26.1 Å². The minimum absolute atomic E-state index is 0.0341. The number of hydrogen-bond donors (Lipinski definition) is 2. The third-order valence-corrected chi connectivity index (χ3v) is 5.04. The normalized spacial score (nSPS) is 15.5. The van der Waals surface area contributed by atoms with Crippen LogP contribution in [0.5, 0.6) is 5.75 Å². The molecule has 2 N–H and O–H groups in total. The average Bonchev–Trinajstić information content (AvgIpc) is 2.74. The van der Waals surface area contributed by atoms with E-state index in [-0.39, 0.29) is 12.2 Å². The molecule has 0 atom stereocenters. The Morgan fingerprint density at radius 3 is 2.46 bits per heavy atom. The minimum atomic E-state index is -0.910. The van der Waals surface area contributed by atoms with Crippen LogP contribution in [0.15, 0.2) is 48.5 Å². The standard InChI is InChI=1S/C21H23FN2O4/c1-27-18-9-5-2-6-15(18)21(10-12-28-13-11-21)14-23-19(25)20(26)24-17-8-4-3-7-16(17)22/h2-9H,10-14H2,1H3,(H,23,25)(H,24,26). The Bertz CT molecular complexity index is 850. The molecule has 0 aliphatic carbocycles. The largest absolute Gasteiger partial charge is 0.496 e. The number of carbonyl (C=O) groups excluding carboxylic acids is 2. The average molecular weight is 386 g/mol. The summed E-state index contributed by atoms with van der Waals surface area (Å²) in [6.45, 7) is 1.35. The highest BCUT2D eigenvalue weighted by Crippen LogP contribution is 2.39. The lowest BCUT2D eigenvalue weighted by Crippen LogP contribution is -2.47. The summed E-state index contributed by atoms with van der Waals surface area (Å²) in [6, 6.07) is 13.3. The van der Waals surface area contributed by atoms with Crippen LogP contribution in [0.25, 0.3) is 0 Å². The number of ether oxygens (including phenoxy) is 2. The summed E-state index contributed by atoms with van der Waals surface area (Å²) in [4.78, 5) is 24.5. The molecule has 0 radical (unpaired) electrons. The Labute approximate surface area is 163 Å². The number of halogens is 1. The Balaban J connectivity index is 1.72. The van der Waals surface area contributed by atoms with Crippen molar-refractivity contribution in [3.63, 3.8) is 0 Å². The zero-order valence-electron chi connectivity index (χ0n) is 15.7. The van der Waals surface area contributed by atoms with E-state index in [9.17, 15) is 14.0 Å². The third kappa shape index (κ3) is 4.31. The first-order valence-electron chi connectivity index (χ1n) is 9.11. The number of anilines is 1. The lowest BCUT2D eigenvalue weighted by Gasteiger charge is -2.38. The highest BCUT2D eigenvalue weighted by molar-refractivity contribution is 6.39. The number of amides is 2. The Hall–Kier alpha value is -2.93. The van der Waals surface area contributed by atoms with Gasteiger partial charge in [-0.25, -0.2) is 4.39 Å². The number of methoxy groups -OCH3 is 1. The van der Waals surface area contributed by atoms with Gasteiger partial charge in [0, 0.05) is 30.7 Å². The summed E-state index contributed by atoms with van der Waals surface area (Å²) in [6.07, 6.45) is 1.37. The van der Waals surface area contributed by atoms with Gasteiger partial charge < -0.3 is 20.1 Å². The van der Waals surface area contributed by atoms with Crippen LogP contribution in [-0.4, -0.2) is 38.7 Å². The number of carbonyl (C=O) groups is 2. The van der Waals surface area contributed by atoms with Gasteiger partial charge in [-0.2, -0.15) is 0 Å². The molecule has 1 heterocycles. The van der Waals surface area contributed by atoms with Crippen LogP contribution in [-0.2, 0) is 19.7 Å². The fourth-order valence-electron chi connectivity index (χ4n) is 3.46. The van der Waals surface area contributed by atoms with E-state index in [4.69, 9.17) is 9.47 Å². The number of rotatable bonds is 5. The fourth-order valence-corrected chi connectivity index (χ4v) is 3.46. The molecule has 148 valence electrons. The van der Waals surface area contributed by atoms with Crippen molar-refractivity contribution in [2.45, 2.75) is 18.3 Å². The summed E-state index contributed by atoms with van der Waals surface area (Å²) in [5.74, 6) is -1.59. The quantitative estimate of drug-likeness (QED) is 0.775. The predicted molar refractivity (Wildman–Crippen MR) is 103 cm³/mol. The zero-order valence-corrected chi connectivity index (χ0v) is 15.7. The van der Waals surface area contributed by atoms with Gasteiger partial charge in [-0.1, -0.05) is 30.3 Å². The van der Waals surface area contributed by atoms with Crippen LogP contribution >= 0.6 is 0 Å². The first kappa shape index (κ1) is 19.8. The lowest BCUT2D eigenvalue weighted by atomic mass is 9.73. The summed E-state index contributed by atoms with van der Waals surface area (Å²) >= 11 is 0. The van der Waals surface area contributed by atoms with Gasteiger partial charge in [0.15, 0.2) is 0 Å². The smallest absolute Gasteiger partial charge is 0.313 e. The first-order valence-corrected chi connectivity index (χ1v) is 9.11. The predicted octanol–water partition coefficient (Wildman–Crippen LogP) is 2.64. The van der Waals surface area contributed by atoms with Gasteiger partial charge >= 0.3 is 11.8 Å². The molecule has 0 unspecified atom stereocenters. The molecule has 0 spiro atoms. The van der Waals surface area contributed by atoms with Crippen LogP contribution in [0.2, 0.25) is 0 Å². The second-order valence-electron chi connectivity index (χ2n) is 6.71. The Kier molecular flexibility index (Phi) is 6.26. The van der Waals surface area contributed by atoms with Crippen molar-refractivity contribution in [1.82, 2.24) is 5.32 Å². The molecule has 28 heavy (non-hydrogen) atoms. The van der Waals surface area contributed by atoms with Crippen LogP contribution in [0.1, 0.15) is 18.4 Å². The zero-order chi connectivity index (χ0) is 20.0. The van der Waals surface area contributed by atoms with Crippen molar-refractivity contribution in [3.05, 3.63) is 59.9 Å². The van der Waals surface area contributed by atoms with Crippen molar-refractivity contribution in [1.29, 1.82) is 0 Å². The monoisotopic (exact) mass is 386 g/mol. The van der Waals surface area contributed by atoms with E-state index in [1.54, 1.807) is 13.2 Å². The lowest BCUT2D eigenvalue weighted by molar-refractivity contribution is -0.136. The van der Waals surface area contributed by atoms with Gasteiger partial charge in [0.2, 0.25) is 0 Å². The van der Waals surface area contributed by atoms with Crippen molar-refractivity contribution >= 4 is 17.5 Å². The number of hydrogen-bond acceptors (Lipinski definition) is 4. The first-order chi connectivity index (χ1) is 13.6. The topological polar surface area (TPSA) is 76.7 Å². The molecule has 1 fully saturated rings. The van der Waals surface area contributed by atoms with Gasteiger partial charge in [0.05, 0.1) is 12.8 Å². The summed E-state index contributed by atoms with van der Waals surface area (Å²) in [7, 11) is 1.60. The molecule has 2 amide bonds. The molecule has 0 saturated carbocycles. The van der Waals surface area contributed by atoms with Crippen LogP contribution in [0.4, 0.5) is 10.1 Å². The SMILES string of the molecule is COc1ccccc1C1(CNC(=O)C(=O)Nc2ccccc2F)CCOCC1. The molecule has 2 aromatic carbocycles. The van der Waals surface area contributed by atoms with Crippen LogP contribution < -0.4 is 15.4 Å². The molecule has 1 saturated heterocycles. The van der Waals surface area contributed by atoms with Gasteiger partial charge in [-0.05, 0) is 31.0 Å². The fraction of sp³-hybridized carbons (Fsp3) is 0.333. The van der Waals surface area contributed by atoms with Gasteiger partial charge in [-0.3, -0.25) is 9.59 Å². The molecule has 0 aromatic heterocycles. The van der Waals surface area contributed by atoms with Gasteiger partial charge in [-0.15, -0.1) is 0 Å². The molecule has 3 rings (SSSR count). The van der Waals surface area contributed by atoms with Crippen molar-refractivity contribution in [3.8, 4) is 5.75 Å². The maximum atomic E-state index is 13.7. The number of nitrogens with one attached hydrogen (secondary N) is 2. The molecular weight excluding hydrogens is 363 g/mol. The molecular formula is C21H23FN2O4. The summed E-state index contributed by atoms with van der Waals surface area (Å²) in [5, 5.41) is 5.00. The van der Waals surface area contributed by atoms with Crippen molar-refractivity contribution in [2.24, 2.45) is 0 Å². The van der Waals surface area contributed by atoms with E-state index in [1.165, 1.54) is 18.2 Å². The van der Waals surface area contributed by atoms with Crippen molar-refractivity contribution in [2.75, 3.05) is 32.2 Å². The Morgan fingerprint density at radius 1 is 1.07 bits per heavy atom. The molecule has 0 bridgehead atoms. The van der Waals surface area contributed by atoms with Crippen molar-refractivity contribution < 1.29 is 23.5 Å². The second kappa shape index (κ2) is 8.84. The van der Waals surface area contributed by atoms with E-state index in [1.807, 2.05) is 24.3 Å². The number of para-hydroxylation sites is 2. The van der Waals surface area contributed by atoms with E-state index < -0.39 is 23.0 Å². The third-order valence-electron chi connectivity index (χ3n) is 5.04. The van der Waals surface area contributed by atoms with Gasteiger partial charge in [0.25, 0.3) is 0 Å². The van der Waals surface area contributed by atoms with Crippen LogP contribution in [0, 0.1) is 5.82 Å². The molecule has 2 aromatic rings. The minimum Gasteiger partial charge on any atom is -0.496 e. The highest BCUT2D eigenvalue weighted by Gasteiger charge is 2.37. The molecule has 1 aliphatic rings. The van der Waals surface area contributed by atoms with E-state index in [0.717, 1.165) is 11.3 Å². The molecule has 1 aliphatic heterocycles. The van der Waals surface area contributed by atoms with Gasteiger partial charge in [0.1, 0.15) is 11.6 Å². The summed E-state index contributed by atoms with van der Waals surface area (Å²) in [5.41, 5.74) is 0.530. The van der Waals surface area contributed by atoms with E-state index in [2.05, 4.69) is 10.6 Å². The second-order valence-corrected chi connectivity index (χ2v) is 6.71. The Morgan fingerprint density at radius 2 is 1.75 bits per heavy atom.